The molecule has 33 nitrogen and oxygen atoms in total. The van der Waals surface area contributed by atoms with Crippen molar-refractivity contribution >= 4 is 98.4 Å². The summed E-state index contributed by atoms with van der Waals surface area (Å²) in [5.74, 6) is 15.1. The van der Waals surface area contributed by atoms with E-state index in [-0.39, 0.29) is 23.8 Å². The number of halogens is 5. The van der Waals surface area contributed by atoms with E-state index in [1.54, 1.807) is 42.7 Å². The van der Waals surface area contributed by atoms with E-state index in [9.17, 15) is 8.78 Å². The molecule has 0 aromatic rings. The van der Waals surface area contributed by atoms with Crippen LogP contribution >= 0.6 is 43.5 Å². The highest BCUT2D eigenvalue weighted by Crippen LogP contribution is 2.42. The number of piperidine rings is 10. The summed E-state index contributed by atoms with van der Waals surface area (Å²) in [5, 5.41) is 64.8. The molecule has 20 rings (SSSR count). The lowest BCUT2D eigenvalue weighted by molar-refractivity contribution is 0.202. The molecule has 127 heavy (non-hydrogen) atoms. The lowest BCUT2D eigenvalue weighted by Crippen LogP contribution is -2.29. The molecule has 0 aromatic carbocycles. The number of nitriles is 3. The molecule has 702 valence electrons. The van der Waals surface area contributed by atoms with Gasteiger partial charge in [-0.15, -0.1) is 12.8 Å². The van der Waals surface area contributed by atoms with Gasteiger partial charge < -0.3 is 97.4 Å². The van der Waals surface area contributed by atoms with Crippen LogP contribution in [0, 0.1) is 177 Å². The van der Waals surface area contributed by atoms with Crippen LogP contribution in [0.4, 0.5) is 8.78 Å². The van der Waals surface area contributed by atoms with Gasteiger partial charge >= 0.3 is 0 Å². The summed E-state index contributed by atoms with van der Waals surface area (Å²) in [5.41, 5.74) is 4.00. The fourth-order valence-electron chi connectivity index (χ4n) is 23.4. The Morgan fingerprint density at radius 2 is 0.504 bits per heavy atom. The van der Waals surface area contributed by atoms with Crippen LogP contribution in [0.1, 0.15) is 77.0 Å². The molecule has 0 spiro atoms. The summed E-state index contributed by atoms with van der Waals surface area (Å²) in [6, 6.07) is 6.45. The van der Waals surface area contributed by atoms with Crippen LogP contribution in [0.25, 0.3) is 0 Å². The zero-order chi connectivity index (χ0) is 90.5. The largest absolute Gasteiger partial charge is 0.399 e. The molecule has 20 heterocycles. The zero-order valence-electron chi connectivity index (χ0n) is 76.2. The molecular weight excluding hydrogens is 1780 g/mol. The van der Waals surface area contributed by atoms with Crippen molar-refractivity contribution < 1.29 is 57.2 Å². The molecular formula is C89H136Br2ClF2N23O10. The van der Waals surface area contributed by atoms with E-state index >= 15 is 0 Å². The third kappa shape index (κ3) is 27.1. The number of hydrogen-bond acceptors (Lipinski definition) is 33. The van der Waals surface area contributed by atoms with Crippen molar-refractivity contribution in [3.63, 3.8) is 0 Å². The van der Waals surface area contributed by atoms with Gasteiger partial charge in [0.1, 0.15) is 103 Å². The normalized spacial score (nSPS) is 38.5. The molecule has 0 radical (unpaired) electrons. The first-order chi connectivity index (χ1) is 61.8. The molecule has 20 aliphatic rings. The van der Waals surface area contributed by atoms with E-state index in [1.165, 1.54) is 178 Å². The van der Waals surface area contributed by atoms with Crippen molar-refractivity contribution in [3.8, 4) is 42.9 Å². The van der Waals surface area contributed by atoms with Gasteiger partial charge in [0.05, 0.1) is 36.4 Å². The maximum atomic E-state index is 13.2. The minimum Gasteiger partial charge on any atom is -0.399 e. The average molecular weight is 1920 g/mol. The van der Waals surface area contributed by atoms with Gasteiger partial charge in [0.25, 0.3) is 0 Å². The highest BCUT2D eigenvalue weighted by Gasteiger charge is 2.49. The van der Waals surface area contributed by atoms with Crippen molar-refractivity contribution in [3.05, 3.63) is 0 Å². The predicted octanol–water partition coefficient (Wildman–Crippen LogP) is 8.78. The molecule has 20 fully saturated rings. The van der Waals surface area contributed by atoms with Crippen molar-refractivity contribution in [1.29, 1.82) is 15.8 Å². The first-order valence-corrected chi connectivity index (χ1v) is 47.4. The fraction of sp³-hybridized carbons (Fsp3) is 0.809. The number of fused-ring (bicyclic) bond motifs is 20. The monoisotopic (exact) mass is 1920 g/mol. The van der Waals surface area contributed by atoms with Gasteiger partial charge in [-0.2, -0.15) is 24.6 Å². The molecule has 0 N–H and O–H groups in total. The molecule has 0 aromatic heterocycles. The predicted molar refractivity (Wildman–Crippen MR) is 494 cm³/mol. The first-order valence-electron chi connectivity index (χ1n) is 45.5. The Bertz CT molecular complexity index is 3640. The van der Waals surface area contributed by atoms with E-state index in [1.807, 2.05) is 0 Å². The number of terminal acetylenes is 2. The van der Waals surface area contributed by atoms with Crippen LogP contribution in [0.5, 0.6) is 0 Å². The quantitative estimate of drug-likeness (QED) is 0.0555. The maximum absolute atomic E-state index is 13.2. The Balaban J connectivity index is 0.000000137. The highest BCUT2D eigenvalue weighted by molar-refractivity contribution is 9.18. The average Bonchev–Trinajstić information content (AvgIpc) is 1.71. The molecule has 20 saturated heterocycles. The molecule has 20 aliphatic heterocycles. The molecule has 0 saturated carbocycles. The molecule has 0 aliphatic carbocycles. The summed E-state index contributed by atoms with van der Waals surface area (Å²) in [7, 11) is 15.2. The SMILES string of the molecule is C#C/C(=N\OC)C1CN2CCC1C2.C#C/C(=N\OC)C1CN2CCC1C2.CO/N=C(\Br)C1CN2CCC1C2.CO/N=C(\Br)C1CN2CCC1C2.CO/N=C(\C#N)C1CN2CCC1C2.CO/N=C(\CC#N)C1CN2CCC1C2.CO/N=C(\Cl)C1CN2CCC1C2.CO/N=C(\F)C1CN2CCC1C2.CO/N=C(\F)C1CN2CCC1C2.CON=C(CC#N)C1CN2CCC1C2. The Morgan fingerprint density at radius 3 is 0.709 bits per heavy atom. The number of nitrogens with zero attached hydrogens (tertiary/aromatic N) is 23. The lowest BCUT2D eigenvalue weighted by atomic mass is 9.87. The van der Waals surface area contributed by atoms with Gasteiger partial charge in [-0.25, -0.2) is 0 Å². The standard InChI is InChI=1S/2C10H15N3O.2C10H14N2O.C9H13N3O.2C8H13BrN2O.C8H13ClN2O.2C8H13FN2O/c2*1-14-12-10(2-4-11)9-7-13-5-3-8(9)6-13;2*1-3-10(11-13-2)9-7-12-5-4-8(9)6-12;1-13-11-9(4-10)8-6-12-3-2-7(8)5-12;5*1-12-10-8(9)7-5-11-3-2-6(7)4-11/h2*8-9H,2-3,5-7H2,1H3;2*1,8-9H,4-7H2,2H3;7-8H,2-3,5-6H2,1H3;5*6-7H,2-5H2,1H3/b12-10+;;2*11-10+;11-9+;5*10-8-. The number of oxime groups is 10. The van der Waals surface area contributed by atoms with Gasteiger partial charge in [0.15, 0.2) is 5.71 Å². The topological polar surface area (TPSA) is 320 Å². The minimum absolute atomic E-state index is 0.00120. The molecule has 20 bridgehead atoms. The van der Waals surface area contributed by atoms with Crippen molar-refractivity contribution in [1.82, 2.24) is 49.0 Å². The van der Waals surface area contributed by atoms with Gasteiger partial charge in [-0.3, -0.25) is 0 Å². The summed E-state index contributed by atoms with van der Waals surface area (Å²) in [4.78, 5) is 70.8. The second-order valence-electron chi connectivity index (χ2n) is 36.7. The third-order valence-electron chi connectivity index (χ3n) is 29.6. The summed E-state index contributed by atoms with van der Waals surface area (Å²) in [6.45, 7) is 34.0. The molecule has 38 heteroatoms. The fourth-order valence-corrected chi connectivity index (χ4v) is 25.0. The smallest absolute Gasteiger partial charge is 0.231 e. The van der Waals surface area contributed by atoms with Gasteiger partial charge in [0.2, 0.25) is 11.9 Å². The zero-order valence-corrected chi connectivity index (χ0v) is 80.1. The van der Waals surface area contributed by atoms with Gasteiger partial charge in [-0.05, 0) is 221 Å². The maximum Gasteiger partial charge on any atom is 0.231 e. The van der Waals surface area contributed by atoms with Crippen LogP contribution in [-0.2, 0) is 48.4 Å². The van der Waals surface area contributed by atoms with Crippen LogP contribution in [0.2, 0.25) is 0 Å². The van der Waals surface area contributed by atoms with Crippen molar-refractivity contribution in [2.75, 3.05) is 267 Å². The molecule has 0 amide bonds. The summed E-state index contributed by atoms with van der Waals surface area (Å²) in [6.07, 6.45) is 23.9. The van der Waals surface area contributed by atoms with E-state index in [0.717, 1.165) is 161 Å². The van der Waals surface area contributed by atoms with Gasteiger partial charge in [-0.1, -0.05) is 75.0 Å². The molecule has 30 unspecified atom stereocenters. The lowest BCUT2D eigenvalue weighted by Gasteiger charge is -2.21. The van der Waals surface area contributed by atoms with Crippen molar-refractivity contribution in [2.24, 2.45) is 170 Å². The van der Waals surface area contributed by atoms with E-state index in [4.69, 9.17) is 69.3 Å². The number of hydrogen-bond donors (Lipinski definition) is 0. The van der Waals surface area contributed by atoms with Crippen LogP contribution in [0.15, 0.2) is 51.6 Å². The van der Waals surface area contributed by atoms with E-state index in [2.05, 4.69) is 182 Å². The van der Waals surface area contributed by atoms with Crippen LogP contribution in [-0.4, -0.2) is 371 Å². The second kappa shape index (κ2) is 51.1. The Labute approximate surface area is 773 Å². The highest BCUT2D eigenvalue weighted by atomic mass is 79.9. The summed E-state index contributed by atoms with van der Waals surface area (Å²) < 4.78 is 28.3. The van der Waals surface area contributed by atoms with Crippen LogP contribution < -0.4 is 0 Å². The van der Waals surface area contributed by atoms with E-state index in [0.29, 0.717) is 112 Å². The summed E-state index contributed by atoms with van der Waals surface area (Å²) >= 11 is 12.9. The van der Waals surface area contributed by atoms with E-state index < -0.39 is 0 Å². The second-order valence-corrected chi connectivity index (χ2v) is 38.7. The third-order valence-corrected chi connectivity index (χ3v) is 31.4. The molecule has 30 atom stereocenters. The Hall–Kier alpha value is -7.00. The Morgan fingerprint density at radius 1 is 0.291 bits per heavy atom. The van der Waals surface area contributed by atoms with Crippen LogP contribution in [0.3, 0.4) is 0 Å². The first kappa shape index (κ1) is 101. The Kier molecular flexibility index (Phi) is 40.5. The minimum atomic E-state index is -0.329. The van der Waals surface area contributed by atoms with Crippen molar-refractivity contribution in [2.45, 2.75) is 77.0 Å². The number of rotatable bonds is 22. The van der Waals surface area contributed by atoms with Gasteiger partial charge in [0, 0.05) is 190 Å².